The number of hydrogen-bond donors (Lipinski definition) is 0. The molecule has 0 N–H and O–H groups in total. The second-order valence-corrected chi connectivity index (χ2v) is 4.83. The molecule has 0 atom stereocenters. The molecule has 17 heavy (non-hydrogen) atoms. The Kier molecular flexibility index (Phi) is 5.45. The summed E-state index contributed by atoms with van der Waals surface area (Å²) in [5.74, 6) is 0. The van der Waals surface area contributed by atoms with Crippen LogP contribution in [0.2, 0.25) is 0 Å². The Bertz CT molecular complexity index is 311. The summed E-state index contributed by atoms with van der Waals surface area (Å²) < 4.78 is 36.1. The van der Waals surface area contributed by atoms with Crippen molar-refractivity contribution in [2.75, 3.05) is 6.54 Å². The summed E-state index contributed by atoms with van der Waals surface area (Å²) in [5, 5.41) is 0. The first-order valence-corrected chi connectivity index (χ1v) is 5.19. The zero-order valence-electron chi connectivity index (χ0n) is 10.5. The van der Waals surface area contributed by atoms with Crippen LogP contribution in [-0.4, -0.2) is 24.0 Å². The minimum Gasteiger partial charge on any atom is -0.313 e. The summed E-state index contributed by atoms with van der Waals surface area (Å²) in [5.41, 5.74) is 0.979. The first kappa shape index (κ1) is 15.7. The van der Waals surface area contributed by atoms with Gasteiger partial charge in [-0.15, -0.1) is 0 Å². The molecule has 2 nitrogen and oxygen atoms in total. The average molecular weight is 249 g/mol. The van der Waals surface area contributed by atoms with Crippen LogP contribution in [0.3, 0.4) is 0 Å². The molecule has 5 heteroatoms. The van der Waals surface area contributed by atoms with Gasteiger partial charge in [-0.2, -0.15) is 13.2 Å². The van der Waals surface area contributed by atoms with Crippen LogP contribution in [0.25, 0.3) is 0 Å². The Hall–Kier alpha value is -1.26. The van der Waals surface area contributed by atoms with Gasteiger partial charge in [0.2, 0.25) is 6.41 Å². The number of alkyl halides is 3. The zero-order chi connectivity index (χ0) is 13.7. The normalized spacial score (nSPS) is 14.2. The Labute approximate surface area is 99.8 Å². The highest BCUT2D eigenvalue weighted by Gasteiger charge is 2.29. The van der Waals surface area contributed by atoms with Crippen molar-refractivity contribution in [2.24, 2.45) is 5.41 Å². The van der Waals surface area contributed by atoms with E-state index in [9.17, 15) is 18.0 Å². The van der Waals surface area contributed by atoms with Crippen LogP contribution in [0.4, 0.5) is 13.2 Å². The number of nitrogens with zero attached hydrogens (tertiary/aromatic N) is 1. The molecular formula is C12H18F3NO. The van der Waals surface area contributed by atoms with Gasteiger partial charge in [0, 0.05) is 6.20 Å². The molecular weight excluding hydrogens is 231 g/mol. The fourth-order valence-corrected chi connectivity index (χ4v) is 0.880. The summed E-state index contributed by atoms with van der Waals surface area (Å²) in [4.78, 5) is 11.0. The highest BCUT2D eigenvalue weighted by molar-refractivity contribution is 5.49. The lowest BCUT2D eigenvalue weighted by Gasteiger charge is -2.19. The fourth-order valence-electron chi connectivity index (χ4n) is 0.880. The van der Waals surface area contributed by atoms with Crippen LogP contribution >= 0.6 is 0 Å². The van der Waals surface area contributed by atoms with E-state index in [1.165, 1.54) is 6.08 Å². The Morgan fingerprint density at radius 1 is 1.24 bits per heavy atom. The third kappa shape index (κ3) is 7.60. The number of amides is 1. The molecule has 0 rings (SSSR count). The van der Waals surface area contributed by atoms with Crippen LogP contribution < -0.4 is 0 Å². The lowest BCUT2D eigenvalue weighted by atomic mass is 9.87. The topological polar surface area (TPSA) is 20.3 Å². The maximum Gasteiger partial charge on any atom is 0.406 e. The molecule has 0 unspecified atom stereocenters. The van der Waals surface area contributed by atoms with Gasteiger partial charge in [0.1, 0.15) is 6.54 Å². The molecule has 0 saturated heterocycles. The number of hydrogen-bond acceptors (Lipinski definition) is 1. The van der Waals surface area contributed by atoms with E-state index >= 15 is 0 Å². The van der Waals surface area contributed by atoms with Crippen LogP contribution in [0.15, 0.2) is 23.9 Å². The van der Waals surface area contributed by atoms with Crippen LogP contribution in [0.1, 0.15) is 27.7 Å². The number of halogens is 3. The minimum atomic E-state index is -4.38. The molecule has 98 valence electrons. The van der Waals surface area contributed by atoms with Crippen LogP contribution in [-0.2, 0) is 4.79 Å². The first-order chi connectivity index (χ1) is 7.56. The molecule has 0 spiro atoms. The van der Waals surface area contributed by atoms with Crippen molar-refractivity contribution >= 4 is 6.41 Å². The molecule has 0 heterocycles. The van der Waals surface area contributed by atoms with E-state index in [0.717, 1.165) is 11.8 Å². The largest absolute Gasteiger partial charge is 0.406 e. The molecule has 0 aromatic rings. The van der Waals surface area contributed by atoms with Gasteiger partial charge in [-0.05, 0) is 18.4 Å². The van der Waals surface area contributed by atoms with E-state index in [1.807, 2.05) is 27.7 Å². The van der Waals surface area contributed by atoms with E-state index in [1.54, 1.807) is 6.08 Å². The number of allylic oxidation sites excluding steroid dienone is 3. The Morgan fingerprint density at radius 3 is 2.12 bits per heavy atom. The smallest absolute Gasteiger partial charge is 0.313 e. The lowest BCUT2D eigenvalue weighted by molar-refractivity contribution is -0.148. The molecule has 0 aromatic heterocycles. The van der Waals surface area contributed by atoms with Crippen molar-refractivity contribution in [1.82, 2.24) is 4.90 Å². The van der Waals surface area contributed by atoms with Gasteiger partial charge >= 0.3 is 6.18 Å². The highest BCUT2D eigenvalue weighted by Crippen LogP contribution is 2.24. The minimum absolute atomic E-state index is 0.0413. The van der Waals surface area contributed by atoms with Gasteiger partial charge in [-0.25, -0.2) is 0 Å². The van der Waals surface area contributed by atoms with Crippen molar-refractivity contribution in [3.63, 3.8) is 0 Å². The standard InChI is InChI=1S/C12H18F3NO/c1-10(11(2,3)4)6-5-7-16(9-17)8-12(13,14)15/h5-7,9H,8H2,1-4H3/b7-5-,10-6+. The maximum atomic E-state index is 12.0. The van der Waals surface area contributed by atoms with Crippen LogP contribution in [0, 0.1) is 5.41 Å². The quantitative estimate of drug-likeness (QED) is 0.551. The number of carbonyl (C=O) groups is 1. The summed E-state index contributed by atoms with van der Waals surface area (Å²) in [6.07, 6.45) is 0.0433. The molecule has 1 amide bonds. The summed E-state index contributed by atoms with van der Waals surface area (Å²) >= 11 is 0. The van der Waals surface area contributed by atoms with Crippen molar-refractivity contribution in [3.05, 3.63) is 23.9 Å². The van der Waals surface area contributed by atoms with Gasteiger partial charge < -0.3 is 4.90 Å². The first-order valence-electron chi connectivity index (χ1n) is 5.19. The van der Waals surface area contributed by atoms with E-state index in [-0.39, 0.29) is 11.8 Å². The van der Waals surface area contributed by atoms with E-state index < -0.39 is 12.7 Å². The molecule has 0 aliphatic carbocycles. The lowest BCUT2D eigenvalue weighted by Crippen LogP contribution is -2.29. The van der Waals surface area contributed by atoms with Crippen LogP contribution in [0.5, 0.6) is 0 Å². The molecule has 0 aliphatic rings. The third-order valence-electron chi connectivity index (χ3n) is 2.30. The van der Waals surface area contributed by atoms with Crippen molar-refractivity contribution in [3.8, 4) is 0 Å². The third-order valence-corrected chi connectivity index (χ3v) is 2.30. The second-order valence-electron chi connectivity index (χ2n) is 4.83. The van der Waals surface area contributed by atoms with E-state index in [0.29, 0.717) is 4.90 Å². The number of carbonyl (C=O) groups excluding carboxylic acids is 1. The zero-order valence-corrected chi connectivity index (χ0v) is 10.5. The van der Waals surface area contributed by atoms with Gasteiger partial charge in [-0.1, -0.05) is 32.4 Å². The monoisotopic (exact) mass is 249 g/mol. The van der Waals surface area contributed by atoms with Crippen molar-refractivity contribution < 1.29 is 18.0 Å². The second kappa shape index (κ2) is 5.89. The van der Waals surface area contributed by atoms with Crippen molar-refractivity contribution in [2.45, 2.75) is 33.9 Å². The summed E-state index contributed by atoms with van der Waals surface area (Å²) in [6.45, 7) is 6.62. The van der Waals surface area contributed by atoms with Gasteiger partial charge in [-0.3, -0.25) is 4.79 Å². The predicted octanol–water partition coefficient (Wildman–Crippen LogP) is 3.51. The Morgan fingerprint density at radius 2 is 1.76 bits per heavy atom. The van der Waals surface area contributed by atoms with Crippen molar-refractivity contribution in [1.29, 1.82) is 0 Å². The van der Waals surface area contributed by atoms with E-state index in [2.05, 4.69) is 0 Å². The molecule has 0 radical (unpaired) electrons. The molecule has 0 fully saturated rings. The molecule has 0 aromatic carbocycles. The molecule has 0 aliphatic heterocycles. The summed E-state index contributed by atoms with van der Waals surface area (Å²) in [7, 11) is 0. The SMILES string of the molecule is C/C(=C\C=C/N(C=O)CC(F)(F)F)C(C)(C)C. The highest BCUT2D eigenvalue weighted by atomic mass is 19.4. The number of rotatable bonds is 4. The molecule has 0 bridgehead atoms. The van der Waals surface area contributed by atoms with E-state index in [4.69, 9.17) is 0 Å². The van der Waals surface area contributed by atoms with Gasteiger partial charge in [0.05, 0.1) is 0 Å². The predicted molar refractivity (Wildman–Crippen MR) is 61.2 cm³/mol. The van der Waals surface area contributed by atoms with Gasteiger partial charge in [0.25, 0.3) is 0 Å². The fraction of sp³-hybridized carbons (Fsp3) is 0.583. The maximum absolute atomic E-state index is 12.0. The summed E-state index contributed by atoms with van der Waals surface area (Å²) in [6, 6.07) is 0. The average Bonchev–Trinajstić information content (AvgIpc) is 2.12. The molecule has 0 saturated carbocycles. The van der Waals surface area contributed by atoms with Gasteiger partial charge in [0.15, 0.2) is 0 Å². The Balaban J connectivity index is 4.55.